The van der Waals surface area contributed by atoms with Crippen LogP contribution < -0.4 is 9.46 Å². The number of nitrogens with one attached hydrogen (secondary N) is 1. The van der Waals surface area contributed by atoms with Crippen molar-refractivity contribution in [1.29, 1.82) is 0 Å². The van der Waals surface area contributed by atoms with Gasteiger partial charge in [-0.1, -0.05) is 0 Å². The third kappa shape index (κ3) is 4.80. The maximum atomic E-state index is 11.7. The van der Waals surface area contributed by atoms with E-state index < -0.39 is 10.0 Å². The minimum absolute atomic E-state index is 0.0437. The Kier molecular flexibility index (Phi) is 5.93. The summed E-state index contributed by atoms with van der Waals surface area (Å²) in [5, 5.41) is 8.60. The molecule has 7 nitrogen and oxygen atoms in total. The monoisotopic (exact) mass is 302 g/mol. The lowest BCUT2D eigenvalue weighted by Crippen LogP contribution is -2.27. The molecule has 0 spiro atoms. The van der Waals surface area contributed by atoms with Crippen molar-refractivity contribution in [3.8, 4) is 5.75 Å². The number of ether oxygens (including phenoxy) is 1. The van der Waals surface area contributed by atoms with Crippen LogP contribution in [0.4, 0.5) is 0 Å². The molecule has 0 bridgehead atoms. The van der Waals surface area contributed by atoms with Crippen LogP contribution in [0.1, 0.15) is 0 Å². The molecule has 0 atom stereocenters. The highest BCUT2D eigenvalue weighted by Crippen LogP contribution is 2.15. The van der Waals surface area contributed by atoms with Gasteiger partial charge < -0.3 is 14.7 Å². The largest absolute Gasteiger partial charge is 0.484 e. The zero-order valence-electron chi connectivity index (χ0n) is 11.4. The fourth-order valence-electron chi connectivity index (χ4n) is 1.25. The summed E-state index contributed by atoms with van der Waals surface area (Å²) in [7, 11) is -0.386. The van der Waals surface area contributed by atoms with E-state index in [0.29, 0.717) is 5.75 Å². The van der Waals surface area contributed by atoms with Gasteiger partial charge in [0.1, 0.15) is 5.75 Å². The summed E-state index contributed by atoms with van der Waals surface area (Å²) in [6, 6.07) is 5.68. The predicted molar refractivity (Wildman–Crippen MR) is 72.9 cm³/mol. The first kappa shape index (κ1) is 16.4. The first-order chi connectivity index (χ1) is 9.36. The Bertz CT molecular complexity index is 539. The third-order valence-electron chi connectivity index (χ3n) is 2.40. The van der Waals surface area contributed by atoms with Crippen LogP contribution in [0.25, 0.3) is 0 Å². The van der Waals surface area contributed by atoms with Crippen LogP contribution in [0.2, 0.25) is 0 Å². The van der Waals surface area contributed by atoms with Crippen LogP contribution in [0.5, 0.6) is 5.75 Å². The van der Waals surface area contributed by atoms with Crippen molar-refractivity contribution >= 4 is 15.9 Å². The Morgan fingerprint density at radius 3 is 2.40 bits per heavy atom. The topological polar surface area (TPSA) is 95.9 Å². The zero-order chi connectivity index (χ0) is 15.2. The Morgan fingerprint density at radius 1 is 1.30 bits per heavy atom. The van der Waals surface area contributed by atoms with Gasteiger partial charge >= 0.3 is 0 Å². The van der Waals surface area contributed by atoms with E-state index in [0.717, 1.165) is 0 Å². The molecule has 112 valence electrons. The van der Waals surface area contributed by atoms with Gasteiger partial charge in [-0.25, -0.2) is 13.1 Å². The van der Waals surface area contributed by atoms with E-state index in [4.69, 9.17) is 9.84 Å². The van der Waals surface area contributed by atoms with E-state index in [2.05, 4.69) is 4.72 Å². The SMILES string of the molecule is CN(C)C(=O)COc1ccc(S(=O)(=O)NCCO)cc1. The van der Waals surface area contributed by atoms with Crippen molar-refractivity contribution in [1.82, 2.24) is 9.62 Å². The lowest BCUT2D eigenvalue weighted by molar-refractivity contribution is -0.130. The van der Waals surface area contributed by atoms with Gasteiger partial charge in [-0.15, -0.1) is 0 Å². The van der Waals surface area contributed by atoms with Crippen LogP contribution in [0, 0.1) is 0 Å². The van der Waals surface area contributed by atoms with Gasteiger partial charge in [0.2, 0.25) is 10.0 Å². The van der Waals surface area contributed by atoms with E-state index in [-0.39, 0.29) is 30.6 Å². The number of carbonyl (C=O) groups excluding carboxylic acids is 1. The number of aliphatic hydroxyl groups is 1. The van der Waals surface area contributed by atoms with Crippen molar-refractivity contribution in [2.24, 2.45) is 0 Å². The third-order valence-corrected chi connectivity index (χ3v) is 3.88. The first-order valence-corrected chi connectivity index (χ1v) is 7.38. The Morgan fingerprint density at radius 2 is 1.90 bits per heavy atom. The van der Waals surface area contributed by atoms with Gasteiger partial charge in [-0.2, -0.15) is 0 Å². The fourth-order valence-corrected chi connectivity index (χ4v) is 2.27. The summed E-state index contributed by atoms with van der Waals surface area (Å²) >= 11 is 0. The zero-order valence-corrected chi connectivity index (χ0v) is 12.2. The highest BCUT2D eigenvalue weighted by atomic mass is 32.2. The summed E-state index contributed by atoms with van der Waals surface area (Å²) in [5.41, 5.74) is 0. The lowest BCUT2D eigenvalue weighted by atomic mass is 10.3. The minimum atomic E-state index is -3.62. The van der Waals surface area contributed by atoms with Crippen molar-refractivity contribution in [2.75, 3.05) is 33.9 Å². The molecule has 0 saturated carbocycles. The molecule has 1 rings (SSSR count). The second-order valence-electron chi connectivity index (χ2n) is 4.17. The van der Waals surface area contributed by atoms with Gasteiger partial charge in [0.15, 0.2) is 6.61 Å². The Labute approximate surface area is 118 Å². The minimum Gasteiger partial charge on any atom is -0.484 e. The van der Waals surface area contributed by atoms with Crippen LogP contribution in [-0.4, -0.2) is 58.2 Å². The van der Waals surface area contributed by atoms with Gasteiger partial charge in [0, 0.05) is 20.6 Å². The van der Waals surface area contributed by atoms with Crippen LogP contribution >= 0.6 is 0 Å². The highest BCUT2D eigenvalue weighted by molar-refractivity contribution is 7.89. The molecule has 0 aliphatic heterocycles. The van der Waals surface area contributed by atoms with Gasteiger partial charge in [0.05, 0.1) is 11.5 Å². The van der Waals surface area contributed by atoms with E-state index in [1.807, 2.05) is 0 Å². The summed E-state index contributed by atoms with van der Waals surface area (Å²) < 4.78 is 30.9. The van der Waals surface area contributed by atoms with Crippen LogP contribution in [0.3, 0.4) is 0 Å². The molecule has 0 saturated heterocycles. The molecule has 0 unspecified atom stereocenters. The number of nitrogens with zero attached hydrogens (tertiary/aromatic N) is 1. The average molecular weight is 302 g/mol. The maximum absolute atomic E-state index is 11.7. The summed E-state index contributed by atoms with van der Waals surface area (Å²) in [4.78, 5) is 12.8. The fraction of sp³-hybridized carbons (Fsp3) is 0.417. The molecule has 1 amide bonds. The van der Waals surface area contributed by atoms with E-state index >= 15 is 0 Å². The molecular weight excluding hydrogens is 284 g/mol. The molecular formula is C12H18N2O5S. The first-order valence-electron chi connectivity index (χ1n) is 5.90. The highest BCUT2D eigenvalue weighted by Gasteiger charge is 2.13. The van der Waals surface area contributed by atoms with E-state index in [1.54, 1.807) is 14.1 Å². The van der Waals surface area contributed by atoms with Crippen molar-refractivity contribution < 1.29 is 23.1 Å². The van der Waals surface area contributed by atoms with Crippen molar-refractivity contribution in [2.45, 2.75) is 4.90 Å². The number of likely N-dealkylation sites (N-methyl/N-ethyl adjacent to an activating group) is 1. The number of hydrogen-bond donors (Lipinski definition) is 2. The maximum Gasteiger partial charge on any atom is 0.259 e. The van der Waals surface area contributed by atoms with Crippen LogP contribution in [0.15, 0.2) is 29.2 Å². The molecule has 0 aromatic heterocycles. The molecule has 20 heavy (non-hydrogen) atoms. The van der Waals surface area contributed by atoms with E-state index in [9.17, 15) is 13.2 Å². The Hall–Kier alpha value is -1.64. The molecule has 8 heteroatoms. The smallest absolute Gasteiger partial charge is 0.259 e. The second kappa shape index (κ2) is 7.22. The molecule has 0 heterocycles. The molecule has 1 aromatic carbocycles. The van der Waals surface area contributed by atoms with Crippen molar-refractivity contribution in [3.05, 3.63) is 24.3 Å². The number of carbonyl (C=O) groups is 1. The van der Waals surface area contributed by atoms with Crippen LogP contribution in [-0.2, 0) is 14.8 Å². The number of sulfonamides is 1. The summed E-state index contributed by atoms with van der Waals surface area (Å²) in [6.45, 7) is -0.424. The number of benzene rings is 1. The molecule has 1 aromatic rings. The Balaban J connectivity index is 2.67. The van der Waals surface area contributed by atoms with E-state index in [1.165, 1.54) is 29.2 Å². The number of rotatable bonds is 7. The lowest BCUT2D eigenvalue weighted by Gasteiger charge is -2.11. The van der Waals surface area contributed by atoms with Gasteiger partial charge in [-0.3, -0.25) is 4.79 Å². The molecule has 0 radical (unpaired) electrons. The number of amides is 1. The summed E-state index contributed by atoms with van der Waals surface area (Å²) in [5.74, 6) is 0.215. The second-order valence-corrected chi connectivity index (χ2v) is 5.94. The quantitative estimate of drug-likeness (QED) is 0.703. The molecule has 0 aliphatic carbocycles. The van der Waals surface area contributed by atoms with Gasteiger partial charge in [-0.05, 0) is 24.3 Å². The van der Waals surface area contributed by atoms with Crippen molar-refractivity contribution in [3.63, 3.8) is 0 Å². The standard InChI is InChI=1S/C12H18N2O5S/c1-14(2)12(16)9-19-10-3-5-11(6-4-10)20(17,18)13-7-8-15/h3-6,13,15H,7-9H2,1-2H3. The number of hydrogen-bond acceptors (Lipinski definition) is 5. The summed E-state index contributed by atoms with van der Waals surface area (Å²) in [6.07, 6.45) is 0. The number of aliphatic hydroxyl groups excluding tert-OH is 1. The molecule has 2 N–H and O–H groups in total. The normalized spacial score (nSPS) is 11.2. The predicted octanol–water partition coefficient (Wildman–Crippen LogP) is -0.576. The molecule has 0 aliphatic rings. The van der Waals surface area contributed by atoms with Gasteiger partial charge in [0.25, 0.3) is 5.91 Å². The average Bonchev–Trinajstić information content (AvgIpc) is 2.43. The molecule has 0 fully saturated rings.